The number of aromatic nitrogens is 1. The van der Waals surface area contributed by atoms with Crippen LogP contribution in [0.3, 0.4) is 0 Å². The molecule has 3 rings (SSSR count). The fourth-order valence-corrected chi connectivity index (χ4v) is 2.96. The molecule has 1 aromatic carbocycles. The van der Waals surface area contributed by atoms with Gasteiger partial charge in [-0.1, -0.05) is 18.2 Å². The molecular weight excluding hydrogens is 483 g/mol. The van der Waals surface area contributed by atoms with Gasteiger partial charge in [-0.15, -0.1) is 24.0 Å². The summed E-state index contributed by atoms with van der Waals surface area (Å²) in [7, 11) is 0. The van der Waals surface area contributed by atoms with Gasteiger partial charge in [0, 0.05) is 31.4 Å². The molecule has 9 heteroatoms. The Hall–Kier alpha value is -2.69. The van der Waals surface area contributed by atoms with E-state index in [2.05, 4.69) is 25.9 Å². The van der Waals surface area contributed by atoms with Gasteiger partial charge in [0.1, 0.15) is 6.54 Å². The molecular formula is C20H25IN6O2. The topological polar surface area (TPSA) is 98.7 Å². The van der Waals surface area contributed by atoms with Crippen LogP contribution in [0, 0.1) is 0 Å². The monoisotopic (exact) mass is 508 g/mol. The summed E-state index contributed by atoms with van der Waals surface area (Å²) in [5.41, 5.74) is 1.51. The summed E-state index contributed by atoms with van der Waals surface area (Å²) in [4.78, 5) is 34.5. The molecule has 2 amide bonds. The van der Waals surface area contributed by atoms with Gasteiger partial charge in [-0.3, -0.25) is 14.6 Å². The average molecular weight is 508 g/mol. The number of carbonyl (C=O) groups excluding carboxylic acids is 2. The number of benzene rings is 1. The molecule has 0 bridgehead atoms. The maximum atomic E-state index is 12.3. The summed E-state index contributed by atoms with van der Waals surface area (Å²) in [6, 6.07) is 13.0. The number of aliphatic imine (C=N–C) groups is 1. The number of pyridine rings is 1. The molecule has 1 aliphatic heterocycles. The Kier molecular flexibility index (Phi) is 8.84. The van der Waals surface area contributed by atoms with Crippen LogP contribution in [0.2, 0.25) is 0 Å². The molecule has 1 saturated heterocycles. The second-order valence-electron chi connectivity index (χ2n) is 6.37. The molecule has 0 radical (unpaired) electrons. The lowest BCUT2D eigenvalue weighted by Crippen LogP contribution is -2.45. The van der Waals surface area contributed by atoms with E-state index in [1.807, 2.05) is 37.3 Å². The minimum Gasteiger partial charge on any atom is -0.357 e. The molecule has 3 N–H and O–H groups in total. The van der Waals surface area contributed by atoms with Gasteiger partial charge in [-0.05, 0) is 31.2 Å². The van der Waals surface area contributed by atoms with Crippen LogP contribution in [0.15, 0.2) is 59.9 Å². The van der Waals surface area contributed by atoms with Crippen LogP contribution in [0.25, 0.3) is 0 Å². The van der Waals surface area contributed by atoms with E-state index in [4.69, 9.17) is 0 Å². The molecule has 1 unspecified atom stereocenters. The number of anilines is 2. The number of halogens is 1. The number of hydrogen-bond donors (Lipinski definition) is 3. The quantitative estimate of drug-likeness (QED) is 0.315. The minimum absolute atomic E-state index is 0. The molecule has 29 heavy (non-hydrogen) atoms. The third-order valence-electron chi connectivity index (χ3n) is 4.20. The fourth-order valence-electron chi connectivity index (χ4n) is 2.96. The molecule has 154 valence electrons. The van der Waals surface area contributed by atoms with Crippen molar-refractivity contribution in [3.63, 3.8) is 0 Å². The molecule has 8 nitrogen and oxygen atoms in total. The summed E-state index contributed by atoms with van der Waals surface area (Å²) >= 11 is 0. The maximum absolute atomic E-state index is 12.3. The van der Waals surface area contributed by atoms with Crippen LogP contribution >= 0.6 is 24.0 Å². The molecule has 2 aromatic rings. The molecule has 1 aliphatic rings. The second kappa shape index (κ2) is 11.3. The van der Waals surface area contributed by atoms with E-state index in [0.29, 0.717) is 31.2 Å². The van der Waals surface area contributed by atoms with Crippen molar-refractivity contribution in [2.24, 2.45) is 4.99 Å². The Morgan fingerprint density at radius 1 is 1.24 bits per heavy atom. The smallest absolute Gasteiger partial charge is 0.246 e. The van der Waals surface area contributed by atoms with Gasteiger partial charge >= 0.3 is 0 Å². The number of guanidine groups is 1. The predicted octanol–water partition coefficient (Wildman–Crippen LogP) is 2.00. The summed E-state index contributed by atoms with van der Waals surface area (Å²) in [6.45, 7) is 3.12. The summed E-state index contributed by atoms with van der Waals surface area (Å²) in [6.07, 6.45) is 3.59. The Morgan fingerprint density at radius 2 is 2.03 bits per heavy atom. The SMILES string of the molecule is CCNC(=NCC(=O)Nc1cccnc1)NC1CC(=O)N(c2ccccc2)C1.I. The van der Waals surface area contributed by atoms with Gasteiger partial charge < -0.3 is 20.9 Å². The number of nitrogens with zero attached hydrogens (tertiary/aromatic N) is 3. The van der Waals surface area contributed by atoms with Gasteiger partial charge in [0.25, 0.3) is 0 Å². The van der Waals surface area contributed by atoms with Gasteiger partial charge in [0.15, 0.2) is 5.96 Å². The Balaban J connectivity index is 0.00000300. The highest BCUT2D eigenvalue weighted by Gasteiger charge is 2.31. The van der Waals surface area contributed by atoms with Crippen molar-refractivity contribution in [3.05, 3.63) is 54.9 Å². The standard InChI is InChI=1S/C20H24N6O2.HI/c1-2-22-20(23-13-18(27)24-15-7-6-10-21-12-15)25-16-11-19(28)26(14-16)17-8-4-3-5-9-17;/h3-10,12,16H,2,11,13-14H2,1H3,(H,24,27)(H2,22,23,25);1H. The van der Waals surface area contributed by atoms with E-state index in [9.17, 15) is 9.59 Å². The normalized spacial score (nSPS) is 16.2. The Bertz CT molecular complexity index is 831. The highest BCUT2D eigenvalue weighted by molar-refractivity contribution is 14.0. The summed E-state index contributed by atoms with van der Waals surface area (Å²) in [5.74, 6) is 0.337. The van der Waals surface area contributed by atoms with Crippen LogP contribution in [0.5, 0.6) is 0 Å². The van der Waals surface area contributed by atoms with Crippen molar-refractivity contribution in [3.8, 4) is 0 Å². The van der Waals surface area contributed by atoms with Crippen LogP contribution < -0.4 is 20.9 Å². The molecule has 1 aromatic heterocycles. The van der Waals surface area contributed by atoms with Crippen molar-refractivity contribution in [2.75, 3.05) is 29.9 Å². The minimum atomic E-state index is -0.237. The van der Waals surface area contributed by atoms with Crippen LogP contribution in [-0.2, 0) is 9.59 Å². The Morgan fingerprint density at radius 3 is 2.72 bits per heavy atom. The molecule has 0 aliphatic carbocycles. The van der Waals surface area contributed by atoms with E-state index in [1.54, 1.807) is 29.4 Å². The lowest BCUT2D eigenvalue weighted by atomic mass is 10.2. The zero-order valence-corrected chi connectivity index (χ0v) is 18.5. The number of hydrogen-bond acceptors (Lipinski definition) is 4. The van der Waals surface area contributed by atoms with Gasteiger partial charge in [0.2, 0.25) is 11.8 Å². The van der Waals surface area contributed by atoms with Gasteiger partial charge in [0.05, 0.1) is 17.9 Å². The largest absolute Gasteiger partial charge is 0.357 e. The third-order valence-corrected chi connectivity index (χ3v) is 4.20. The zero-order chi connectivity index (χ0) is 19.8. The summed E-state index contributed by atoms with van der Waals surface area (Å²) < 4.78 is 0. The lowest BCUT2D eigenvalue weighted by Gasteiger charge is -2.19. The van der Waals surface area contributed by atoms with Crippen LogP contribution in [0.1, 0.15) is 13.3 Å². The van der Waals surface area contributed by atoms with Crippen LogP contribution in [0.4, 0.5) is 11.4 Å². The van der Waals surface area contributed by atoms with Crippen molar-refractivity contribution in [1.29, 1.82) is 0 Å². The lowest BCUT2D eigenvalue weighted by molar-refractivity contribution is -0.117. The molecule has 2 heterocycles. The van der Waals surface area contributed by atoms with Gasteiger partial charge in [-0.2, -0.15) is 0 Å². The first-order valence-corrected chi connectivity index (χ1v) is 9.26. The predicted molar refractivity (Wildman–Crippen MR) is 125 cm³/mol. The third kappa shape index (κ3) is 6.70. The number of rotatable bonds is 6. The van der Waals surface area contributed by atoms with E-state index in [0.717, 1.165) is 5.69 Å². The van der Waals surface area contributed by atoms with Crippen molar-refractivity contribution in [1.82, 2.24) is 15.6 Å². The first kappa shape index (κ1) is 22.6. The maximum Gasteiger partial charge on any atom is 0.246 e. The number of amides is 2. The number of para-hydroxylation sites is 1. The molecule has 0 saturated carbocycles. The van der Waals surface area contributed by atoms with Gasteiger partial charge in [-0.25, -0.2) is 4.99 Å². The average Bonchev–Trinajstić information content (AvgIpc) is 3.08. The summed E-state index contributed by atoms with van der Waals surface area (Å²) in [5, 5.41) is 9.11. The first-order chi connectivity index (χ1) is 13.7. The van der Waals surface area contributed by atoms with E-state index in [1.165, 1.54) is 0 Å². The van der Waals surface area contributed by atoms with Crippen LogP contribution in [-0.4, -0.2) is 48.4 Å². The second-order valence-corrected chi connectivity index (χ2v) is 6.37. The zero-order valence-electron chi connectivity index (χ0n) is 16.2. The molecule has 0 spiro atoms. The first-order valence-electron chi connectivity index (χ1n) is 9.26. The van der Waals surface area contributed by atoms with E-state index >= 15 is 0 Å². The highest BCUT2D eigenvalue weighted by Crippen LogP contribution is 2.20. The number of nitrogens with one attached hydrogen (secondary N) is 3. The van der Waals surface area contributed by atoms with E-state index in [-0.39, 0.29) is 48.4 Å². The molecule has 1 fully saturated rings. The van der Waals surface area contributed by atoms with Crippen molar-refractivity contribution in [2.45, 2.75) is 19.4 Å². The number of carbonyl (C=O) groups is 2. The highest BCUT2D eigenvalue weighted by atomic mass is 127. The molecule has 1 atom stereocenters. The van der Waals surface area contributed by atoms with Crippen molar-refractivity contribution >= 4 is 53.1 Å². The van der Waals surface area contributed by atoms with E-state index < -0.39 is 0 Å². The van der Waals surface area contributed by atoms with Crippen molar-refractivity contribution < 1.29 is 9.59 Å². The Labute approximate surface area is 187 Å². The fraction of sp³-hybridized carbons (Fsp3) is 0.300.